The lowest BCUT2D eigenvalue weighted by Gasteiger charge is -2.33. The van der Waals surface area contributed by atoms with Gasteiger partial charge in [0, 0.05) is 18.7 Å². The zero-order valence-corrected chi connectivity index (χ0v) is 15.5. The summed E-state index contributed by atoms with van der Waals surface area (Å²) in [7, 11) is 1.77. The molecule has 0 fully saturated rings. The summed E-state index contributed by atoms with van der Waals surface area (Å²) >= 11 is 0. The van der Waals surface area contributed by atoms with E-state index in [0.29, 0.717) is 35.2 Å². The van der Waals surface area contributed by atoms with E-state index in [9.17, 15) is 9.50 Å². The summed E-state index contributed by atoms with van der Waals surface area (Å²) in [5.41, 5.74) is 1.59. The monoisotopic (exact) mass is 381 g/mol. The SMILES string of the molecule is C[C@@H]1C=C[C@H](F)[C@@H](N(C)c2ncc(-c3ccc(-n4ccnn4)cc3O)nn2)C1. The minimum atomic E-state index is -1.07. The number of aromatic nitrogens is 6. The summed E-state index contributed by atoms with van der Waals surface area (Å²) in [4.78, 5) is 6.04. The van der Waals surface area contributed by atoms with E-state index >= 15 is 0 Å². The number of phenolic OH excluding ortho intramolecular Hbond substituents is 1. The Labute approximate surface area is 161 Å². The van der Waals surface area contributed by atoms with Crippen LogP contribution in [0.1, 0.15) is 13.3 Å². The van der Waals surface area contributed by atoms with Gasteiger partial charge in [-0.05, 0) is 24.5 Å². The Hall–Kier alpha value is -3.36. The third kappa shape index (κ3) is 3.42. The third-order valence-corrected chi connectivity index (χ3v) is 4.91. The van der Waals surface area contributed by atoms with Gasteiger partial charge < -0.3 is 10.0 Å². The maximum Gasteiger partial charge on any atom is 0.245 e. The van der Waals surface area contributed by atoms with Gasteiger partial charge in [-0.25, -0.2) is 14.1 Å². The van der Waals surface area contributed by atoms with E-state index in [1.807, 2.05) is 6.08 Å². The summed E-state index contributed by atoms with van der Waals surface area (Å²) in [5.74, 6) is 0.671. The van der Waals surface area contributed by atoms with Crippen molar-refractivity contribution in [1.29, 1.82) is 0 Å². The second kappa shape index (κ2) is 7.34. The van der Waals surface area contributed by atoms with Gasteiger partial charge >= 0.3 is 0 Å². The average molecular weight is 381 g/mol. The summed E-state index contributed by atoms with van der Waals surface area (Å²) in [6.07, 6.45) is 7.86. The molecule has 0 bridgehead atoms. The Morgan fingerprint density at radius 2 is 2.11 bits per heavy atom. The Balaban J connectivity index is 1.56. The van der Waals surface area contributed by atoms with E-state index in [1.54, 1.807) is 53.3 Å². The zero-order chi connectivity index (χ0) is 19.7. The average Bonchev–Trinajstić information content (AvgIpc) is 3.24. The summed E-state index contributed by atoms with van der Waals surface area (Å²) in [6, 6.07) is 4.74. The van der Waals surface area contributed by atoms with Crippen LogP contribution in [0.2, 0.25) is 0 Å². The first-order chi connectivity index (χ1) is 13.5. The van der Waals surface area contributed by atoms with Gasteiger partial charge in [0.1, 0.15) is 17.6 Å². The number of halogens is 1. The molecule has 0 saturated heterocycles. The minimum absolute atomic E-state index is 0.0280. The number of hydrogen-bond donors (Lipinski definition) is 1. The number of phenols is 1. The molecule has 0 radical (unpaired) electrons. The van der Waals surface area contributed by atoms with Crippen LogP contribution in [0.4, 0.5) is 10.3 Å². The lowest BCUT2D eigenvalue weighted by molar-refractivity contribution is 0.290. The van der Waals surface area contributed by atoms with E-state index in [4.69, 9.17) is 0 Å². The number of anilines is 1. The van der Waals surface area contributed by atoms with Crippen molar-refractivity contribution >= 4 is 5.95 Å². The van der Waals surface area contributed by atoms with Gasteiger partial charge in [0.05, 0.1) is 30.3 Å². The van der Waals surface area contributed by atoms with E-state index < -0.39 is 6.17 Å². The van der Waals surface area contributed by atoms with Crippen molar-refractivity contribution in [2.24, 2.45) is 5.92 Å². The topological polar surface area (TPSA) is 92.9 Å². The first kappa shape index (κ1) is 18.0. The van der Waals surface area contributed by atoms with Crippen molar-refractivity contribution in [3.63, 3.8) is 0 Å². The molecule has 1 N–H and O–H groups in total. The number of alkyl halides is 1. The van der Waals surface area contributed by atoms with Gasteiger partial charge in [0.2, 0.25) is 5.95 Å². The standard InChI is InChI=1S/C19H20FN7O/c1-12-3-6-15(20)17(9-12)26(2)19-21-11-16(23-24-19)14-5-4-13(10-18(14)28)27-8-7-22-25-27/h3-8,10-12,15,17,28H,9H2,1-2H3/t12-,15+,17+/m1/s1. The molecule has 8 nitrogen and oxygen atoms in total. The molecule has 2 heterocycles. The van der Waals surface area contributed by atoms with Crippen molar-refractivity contribution in [2.45, 2.75) is 25.6 Å². The highest BCUT2D eigenvalue weighted by Gasteiger charge is 2.29. The number of benzene rings is 1. The van der Waals surface area contributed by atoms with Crippen LogP contribution < -0.4 is 4.90 Å². The number of nitrogens with zero attached hydrogens (tertiary/aromatic N) is 7. The molecule has 1 aliphatic carbocycles. The lowest BCUT2D eigenvalue weighted by Crippen LogP contribution is -2.42. The van der Waals surface area contributed by atoms with Gasteiger partial charge in [-0.3, -0.25) is 0 Å². The highest BCUT2D eigenvalue weighted by Crippen LogP contribution is 2.30. The maximum absolute atomic E-state index is 14.3. The molecule has 0 unspecified atom stereocenters. The summed E-state index contributed by atoms with van der Waals surface area (Å²) < 4.78 is 15.8. The summed E-state index contributed by atoms with van der Waals surface area (Å²) in [6.45, 7) is 2.05. The molecule has 28 heavy (non-hydrogen) atoms. The van der Waals surface area contributed by atoms with Gasteiger partial charge in [-0.1, -0.05) is 24.3 Å². The molecule has 9 heteroatoms. The molecule has 3 aromatic rings. The molecule has 0 amide bonds. The van der Waals surface area contributed by atoms with Crippen LogP contribution in [0.5, 0.6) is 5.75 Å². The molecule has 0 saturated carbocycles. The van der Waals surface area contributed by atoms with Crippen molar-refractivity contribution in [3.8, 4) is 22.7 Å². The normalized spacial score (nSPS) is 21.6. The van der Waals surface area contributed by atoms with Crippen LogP contribution in [-0.2, 0) is 0 Å². The Bertz CT molecular complexity index is 974. The van der Waals surface area contributed by atoms with Crippen molar-refractivity contribution in [2.75, 3.05) is 11.9 Å². The van der Waals surface area contributed by atoms with E-state index in [2.05, 4.69) is 32.4 Å². The number of aromatic hydroxyl groups is 1. The molecule has 1 aliphatic rings. The Morgan fingerprint density at radius 1 is 1.25 bits per heavy atom. The largest absolute Gasteiger partial charge is 0.507 e. The molecule has 1 aromatic carbocycles. The van der Waals surface area contributed by atoms with Gasteiger partial charge in [-0.15, -0.1) is 15.3 Å². The Kier molecular flexibility index (Phi) is 4.72. The molecule has 2 aromatic heterocycles. The van der Waals surface area contributed by atoms with E-state index in [1.165, 1.54) is 6.20 Å². The number of allylic oxidation sites excluding steroid dienone is 1. The first-order valence-corrected chi connectivity index (χ1v) is 8.98. The van der Waals surface area contributed by atoms with Crippen LogP contribution in [0.3, 0.4) is 0 Å². The fraction of sp³-hybridized carbons (Fsp3) is 0.316. The fourth-order valence-electron chi connectivity index (χ4n) is 3.31. The third-order valence-electron chi connectivity index (χ3n) is 4.91. The van der Waals surface area contributed by atoms with Gasteiger partial charge in [0.25, 0.3) is 0 Å². The highest BCUT2D eigenvalue weighted by molar-refractivity contribution is 5.68. The zero-order valence-electron chi connectivity index (χ0n) is 15.5. The lowest BCUT2D eigenvalue weighted by atomic mass is 9.91. The van der Waals surface area contributed by atoms with Gasteiger partial charge in [-0.2, -0.15) is 0 Å². The fourth-order valence-corrected chi connectivity index (χ4v) is 3.31. The van der Waals surface area contributed by atoms with E-state index in [0.717, 1.165) is 0 Å². The van der Waals surface area contributed by atoms with Crippen LogP contribution in [-0.4, -0.2) is 54.5 Å². The second-order valence-corrected chi connectivity index (χ2v) is 6.91. The van der Waals surface area contributed by atoms with E-state index in [-0.39, 0.29) is 11.8 Å². The molecule has 0 aliphatic heterocycles. The molecule has 3 atom stereocenters. The molecule has 144 valence electrons. The van der Waals surface area contributed by atoms with Crippen LogP contribution in [0.25, 0.3) is 16.9 Å². The van der Waals surface area contributed by atoms with Gasteiger partial charge in [0.15, 0.2) is 0 Å². The molecule has 0 spiro atoms. The molecular weight excluding hydrogens is 361 g/mol. The quantitative estimate of drug-likeness (QED) is 0.694. The van der Waals surface area contributed by atoms with Crippen LogP contribution >= 0.6 is 0 Å². The first-order valence-electron chi connectivity index (χ1n) is 8.98. The van der Waals surface area contributed by atoms with Crippen LogP contribution in [0, 0.1) is 5.92 Å². The second-order valence-electron chi connectivity index (χ2n) is 6.91. The summed E-state index contributed by atoms with van der Waals surface area (Å²) in [5, 5.41) is 26.3. The maximum atomic E-state index is 14.3. The smallest absolute Gasteiger partial charge is 0.245 e. The highest BCUT2D eigenvalue weighted by atomic mass is 19.1. The number of rotatable bonds is 4. The van der Waals surface area contributed by atoms with Crippen LogP contribution in [0.15, 0.2) is 48.9 Å². The predicted molar refractivity (Wildman–Crippen MR) is 102 cm³/mol. The Morgan fingerprint density at radius 3 is 2.79 bits per heavy atom. The van der Waals surface area contributed by atoms with Crippen molar-refractivity contribution in [1.82, 2.24) is 30.2 Å². The number of hydrogen-bond acceptors (Lipinski definition) is 7. The van der Waals surface area contributed by atoms with Crippen molar-refractivity contribution in [3.05, 3.63) is 48.9 Å². The molecular formula is C19H20FN7O. The molecule has 4 rings (SSSR count). The predicted octanol–water partition coefficient (Wildman–Crippen LogP) is 2.56. The van der Waals surface area contributed by atoms with Crippen molar-refractivity contribution < 1.29 is 9.50 Å². The minimum Gasteiger partial charge on any atom is -0.507 e.